The predicted molar refractivity (Wildman–Crippen MR) is 100 cm³/mol. The molecule has 2 saturated heterocycles. The molecule has 0 radical (unpaired) electrons. The molecular weight excluding hydrogens is 336 g/mol. The second kappa shape index (κ2) is 8.36. The molecule has 0 aromatic heterocycles. The largest absolute Gasteiger partial charge is 0.490 e. The van der Waals surface area contributed by atoms with Gasteiger partial charge in [-0.15, -0.1) is 0 Å². The van der Waals surface area contributed by atoms with Crippen LogP contribution >= 0.6 is 11.8 Å². The highest BCUT2D eigenvalue weighted by Crippen LogP contribution is 2.32. The first-order valence-electron chi connectivity index (χ1n) is 8.49. The van der Waals surface area contributed by atoms with Gasteiger partial charge in [-0.2, -0.15) is 0 Å². The summed E-state index contributed by atoms with van der Waals surface area (Å²) in [5, 5.41) is -0.187. The van der Waals surface area contributed by atoms with E-state index in [1.807, 2.05) is 24.3 Å². The Labute approximate surface area is 152 Å². The summed E-state index contributed by atoms with van der Waals surface area (Å²) in [6.45, 7) is 6.37. The lowest BCUT2D eigenvalue weighted by atomic mass is 10.1. The van der Waals surface area contributed by atoms with Crippen molar-refractivity contribution in [2.45, 2.75) is 19.3 Å². The van der Waals surface area contributed by atoms with Crippen molar-refractivity contribution in [1.82, 2.24) is 9.80 Å². The summed E-state index contributed by atoms with van der Waals surface area (Å²) in [5.74, 6) is 0.544. The molecule has 1 aromatic carbocycles. The SMILES string of the molecule is C=CCOc1ccc(/C=C2/SC(=O)N(CN3CCCCC3)C2=O)cc1. The first kappa shape index (κ1) is 17.8. The zero-order valence-electron chi connectivity index (χ0n) is 14.1. The lowest BCUT2D eigenvalue weighted by Crippen LogP contribution is -2.42. The molecule has 2 fully saturated rings. The van der Waals surface area contributed by atoms with E-state index in [1.165, 1.54) is 11.3 Å². The quantitative estimate of drug-likeness (QED) is 0.573. The topological polar surface area (TPSA) is 49.9 Å². The summed E-state index contributed by atoms with van der Waals surface area (Å²) in [5.41, 5.74) is 0.870. The van der Waals surface area contributed by atoms with Crippen LogP contribution < -0.4 is 4.74 Å². The summed E-state index contributed by atoms with van der Waals surface area (Å²) in [4.78, 5) is 28.8. The number of nitrogens with zero attached hydrogens (tertiary/aromatic N) is 2. The van der Waals surface area contributed by atoms with E-state index in [1.54, 1.807) is 12.2 Å². The van der Waals surface area contributed by atoms with Gasteiger partial charge in [-0.25, -0.2) is 0 Å². The number of ether oxygens (including phenoxy) is 1. The third kappa shape index (κ3) is 4.52. The van der Waals surface area contributed by atoms with E-state index in [4.69, 9.17) is 4.74 Å². The van der Waals surface area contributed by atoms with E-state index in [0.29, 0.717) is 18.2 Å². The highest BCUT2D eigenvalue weighted by Gasteiger charge is 2.36. The number of thioether (sulfide) groups is 1. The number of carbonyl (C=O) groups is 2. The van der Waals surface area contributed by atoms with Crippen molar-refractivity contribution >= 4 is 29.0 Å². The van der Waals surface area contributed by atoms with Crippen molar-refractivity contribution in [1.29, 1.82) is 0 Å². The van der Waals surface area contributed by atoms with Gasteiger partial charge in [0.15, 0.2) is 0 Å². The summed E-state index contributed by atoms with van der Waals surface area (Å²) in [6, 6.07) is 7.43. The van der Waals surface area contributed by atoms with Gasteiger partial charge in [0.25, 0.3) is 11.1 Å². The zero-order valence-corrected chi connectivity index (χ0v) is 15.0. The lowest BCUT2D eigenvalue weighted by Gasteiger charge is -2.29. The van der Waals surface area contributed by atoms with Crippen LogP contribution in [0.1, 0.15) is 24.8 Å². The third-order valence-corrected chi connectivity index (χ3v) is 5.12. The minimum atomic E-state index is -0.201. The molecule has 1 aromatic rings. The fraction of sp³-hybridized carbons (Fsp3) is 0.368. The molecule has 2 heterocycles. The zero-order chi connectivity index (χ0) is 17.6. The average Bonchev–Trinajstić information content (AvgIpc) is 2.89. The Bertz CT molecular complexity index is 678. The van der Waals surface area contributed by atoms with Crippen LogP contribution in [-0.4, -0.2) is 47.3 Å². The monoisotopic (exact) mass is 358 g/mol. The number of rotatable bonds is 6. The van der Waals surface area contributed by atoms with Crippen LogP contribution in [0, 0.1) is 0 Å². The standard InChI is InChI=1S/C19H22N2O3S/c1-2-12-24-16-8-6-15(7-9-16)13-17-18(22)21(19(23)25-17)14-20-10-4-3-5-11-20/h2,6-9,13H,1,3-5,10-12,14H2/b17-13+. The molecular formula is C19H22N2O3S. The molecule has 0 N–H and O–H groups in total. The fourth-order valence-corrected chi connectivity index (χ4v) is 3.72. The van der Waals surface area contributed by atoms with Crippen molar-refractivity contribution in [2.75, 3.05) is 26.4 Å². The minimum Gasteiger partial charge on any atom is -0.490 e. The van der Waals surface area contributed by atoms with Gasteiger partial charge >= 0.3 is 0 Å². The molecule has 0 unspecified atom stereocenters. The van der Waals surface area contributed by atoms with Crippen molar-refractivity contribution in [3.05, 3.63) is 47.4 Å². The van der Waals surface area contributed by atoms with Gasteiger partial charge in [-0.05, 0) is 61.5 Å². The maximum absolute atomic E-state index is 12.6. The highest BCUT2D eigenvalue weighted by atomic mass is 32.2. The third-order valence-electron chi connectivity index (χ3n) is 4.21. The molecule has 5 nitrogen and oxygen atoms in total. The number of benzene rings is 1. The summed E-state index contributed by atoms with van der Waals surface area (Å²) >= 11 is 1.01. The highest BCUT2D eigenvalue weighted by molar-refractivity contribution is 8.18. The number of amides is 2. The van der Waals surface area contributed by atoms with Crippen LogP contribution in [0.4, 0.5) is 4.79 Å². The lowest BCUT2D eigenvalue weighted by molar-refractivity contribution is -0.124. The number of hydrogen-bond donors (Lipinski definition) is 0. The Morgan fingerprint density at radius 3 is 2.52 bits per heavy atom. The van der Waals surface area contributed by atoms with E-state index < -0.39 is 0 Å². The van der Waals surface area contributed by atoms with Crippen LogP contribution in [0.2, 0.25) is 0 Å². The van der Waals surface area contributed by atoms with Crippen molar-refractivity contribution in [2.24, 2.45) is 0 Å². The van der Waals surface area contributed by atoms with Gasteiger partial charge in [0.05, 0.1) is 11.6 Å². The molecule has 6 heteroatoms. The molecule has 132 valence electrons. The van der Waals surface area contributed by atoms with E-state index in [2.05, 4.69) is 11.5 Å². The maximum atomic E-state index is 12.6. The maximum Gasteiger partial charge on any atom is 0.294 e. The van der Waals surface area contributed by atoms with Crippen LogP contribution in [-0.2, 0) is 4.79 Å². The van der Waals surface area contributed by atoms with Gasteiger partial charge in [0.2, 0.25) is 0 Å². The van der Waals surface area contributed by atoms with E-state index in [0.717, 1.165) is 49.0 Å². The molecule has 2 amide bonds. The van der Waals surface area contributed by atoms with Crippen LogP contribution in [0.5, 0.6) is 5.75 Å². The molecule has 25 heavy (non-hydrogen) atoms. The minimum absolute atomic E-state index is 0.187. The van der Waals surface area contributed by atoms with Gasteiger partial charge in [-0.1, -0.05) is 31.2 Å². The molecule has 0 atom stereocenters. The predicted octanol–water partition coefficient (Wildman–Crippen LogP) is 3.73. The number of hydrogen-bond acceptors (Lipinski definition) is 5. The fourth-order valence-electron chi connectivity index (χ4n) is 2.89. The van der Waals surface area contributed by atoms with Crippen LogP contribution in [0.15, 0.2) is 41.8 Å². The Kier molecular flexibility index (Phi) is 5.94. The van der Waals surface area contributed by atoms with Crippen LogP contribution in [0.25, 0.3) is 6.08 Å². The number of imide groups is 1. The number of likely N-dealkylation sites (tertiary alicyclic amines) is 1. The smallest absolute Gasteiger partial charge is 0.294 e. The Morgan fingerprint density at radius 2 is 1.84 bits per heavy atom. The molecule has 3 rings (SSSR count). The Balaban J connectivity index is 1.66. The Hall–Kier alpha value is -2.05. The van der Waals surface area contributed by atoms with Gasteiger partial charge in [0.1, 0.15) is 12.4 Å². The average molecular weight is 358 g/mol. The van der Waals surface area contributed by atoms with E-state index in [-0.39, 0.29) is 11.1 Å². The van der Waals surface area contributed by atoms with Gasteiger partial charge in [-0.3, -0.25) is 19.4 Å². The first-order valence-corrected chi connectivity index (χ1v) is 9.30. The molecule has 0 saturated carbocycles. The van der Waals surface area contributed by atoms with Crippen molar-refractivity contribution in [3.63, 3.8) is 0 Å². The number of carbonyl (C=O) groups excluding carboxylic acids is 2. The van der Waals surface area contributed by atoms with Crippen molar-refractivity contribution in [3.8, 4) is 5.75 Å². The second-order valence-electron chi connectivity index (χ2n) is 6.10. The summed E-state index contributed by atoms with van der Waals surface area (Å²) in [7, 11) is 0. The Morgan fingerprint density at radius 1 is 1.12 bits per heavy atom. The second-order valence-corrected chi connectivity index (χ2v) is 7.09. The molecule has 2 aliphatic heterocycles. The van der Waals surface area contributed by atoms with E-state index in [9.17, 15) is 9.59 Å². The normalized spacial score (nSPS) is 20.3. The van der Waals surface area contributed by atoms with Crippen molar-refractivity contribution < 1.29 is 14.3 Å². The van der Waals surface area contributed by atoms with Gasteiger partial charge < -0.3 is 4.74 Å². The summed E-state index contributed by atoms with van der Waals surface area (Å²) in [6.07, 6.45) is 6.94. The summed E-state index contributed by atoms with van der Waals surface area (Å²) < 4.78 is 5.44. The molecule has 2 aliphatic rings. The van der Waals surface area contributed by atoms with Crippen LogP contribution in [0.3, 0.4) is 0 Å². The van der Waals surface area contributed by atoms with E-state index >= 15 is 0 Å². The molecule has 0 aliphatic carbocycles. The van der Waals surface area contributed by atoms with Gasteiger partial charge in [0, 0.05) is 0 Å². The first-order chi connectivity index (χ1) is 12.2. The number of piperidine rings is 1. The molecule has 0 bridgehead atoms. The molecule has 0 spiro atoms.